The molecule has 0 saturated heterocycles. The monoisotopic (exact) mass is 652 g/mol. The van der Waals surface area contributed by atoms with Crippen LogP contribution in [-0.2, 0) is 5.41 Å². The summed E-state index contributed by atoms with van der Waals surface area (Å²) in [5.41, 5.74) is 14.9. The number of hydrogen-bond acceptors (Lipinski definition) is 1. The van der Waals surface area contributed by atoms with E-state index in [4.69, 9.17) is 0 Å². The van der Waals surface area contributed by atoms with Gasteiger partial charge in [0.1, 0.15) is 0 Å². The summed E-state index contributed by atoms with van der Waals surface area (Å²) >= 11 is 1.88. The molecule has 0 radical (unpaired) electrons. The minimum Gasteiger partial charge on any atom is -0.135 e. The van der Waals surface area contributed by atoms with Crippen LogP contribution in [0.3, 0.4) is 0 Å². The van der Waals surface area contributed by atoms with Crippen LogP contribution < -0.4 is 0 Å². The average Bonchev–Trinajstić information content (AvgIpc) is 3.72. The van der Waals surface area contributed by atoms with Crippen molar-refractivity contribution in [2.75, 3.05) is 0 Å². The molecule has 1 heteroatoms. The SMILES string of the molecule is c1ccc(-c2ccc3sc4ccc(-c5ccccc5)c(-c5ccc(C6(c7ccccc7)c7ccccc7-c7ccccc76)cc5)c4c3c2)cc1. The molecule has 1 aromatic heterocycles. The molecule has 10 rings (SSSR count). The summed E-state index contributed by atoms with van der Waals surface area (Å²) in [6, 6.07) is 71.7. The lowest BCUT2D eigenvalue weighted by atomic mass is 9.67. The van der Waals surface area contributed by atoms with E-state index in [9.17, 15) is 0 Å². The summed E-state index contributed by atoms with van der Waals surface area (Å²) in [7, 11) is 0. The Morgan fingerprint density at radius 2 is 0.860 bits per heavy atom. The van der Waals surface area contributed by atoms with Gasteiger partial charge < -0.3 is 0 Å². The van der Waals surface area contributed by atoms with Gasteiger partial charge in [0.2, 0.25) is 0 Å². The fourth-order valence-corrected chi connectivity index (χ4v) is 9.53. The van der Waals surface area contributed by atoms with Gasteiger partial charge in [-0.2, -0.15) is 0 Å². The molecule has 234 valence electrons. The largest absolute Gasteiger partial charge is 0.135 e. The highest BCUT2D eigenvalue weighted by atomic mass is 32.1. The summed E-state index contributed by atoms with van der Waals surface area (Å²) in [4.78, 5) is 0. The molecule has 0 fully saturated rings. The van der Waals surface area contributed by atoms with Crippen molar-refractivity contribution in [3.63, 3.8) is 0 Å². The molecule has 50 heavy (non-hydrogen) atoms. The van der Waals surface area contributed by atoms with E-state index in [2.05, 4.69) is 194 Å². The predicted octanol–water partition coefficient (Wildman–Crippen LogP) is 13.4. The number of thiophene rings is 1. The Kier molecular flexibility index (Phi) is 6.69. The van der Waals surface area contributed by atoms with Gasteiger partial charge >= 0.3 is 0 Å². The quantitative estimate of drug-likeness (QED) is 0.174. The molecular weight excluding hydrogens is 621 g/mol. The van der Waals surface area contributed by atoms with Crippen molar-refractivity contribution in [3.05, 3.63) is 216 Å². The fraction of sp³-hybridized carbons (Fsp3) is 0.0204. The lowest BCUT2D eigenvalue weighted by molar-refractivity contribution is 0.768. The van der Waals surface area contributed by atoms with Gasteiger partial charge in [0.15, 0.2) is 0 Å². The van der Waals surface area contributed by atoms with Gasteiger partial charge in [-0.25, -0.2) is 0 Å². The third kappa shape index (κ3) is 4.30. The molecule has 0 spiro atoms. The van der Waals surface area contributed by atoms with Crippen LogP contribution in [0.5, 0.6) is 0 Å². The van der Waals surface area contributed by atoms with Crippen molar-refractivity contribution in [3.8, 4) is 44.5 Å². The van der Waals surface area contributed by atoms with Crippen molar-refractivity contribution in [2.45, 2.75) is 5.41 Å². The molecule has 0 saturated carbocycles. The molecule has 9 aromatic rings. The van der Waals surface area contributed by atoms with E-state index in [1.54, 1.807) is 0 Å². The third-order valence-corrected chi connectivity index (χ3v) is 11.7. The van der Waals surface area contributed by atoms with Crippen LogP contribution in [0.4, 0.5) is 0 Å². The number of rotatable bonds is 5. The third-order valence-electron chi connectivity index (χ3n) is 10.6. The molecule has 1 aliphatic carbocycles. The first-order valence-corrected chi connectivity index (χ1v) is 18.1. The van der Waals surface area contributed by atoms with Gasteiger partial charge in [-0.1, -0.05) is 176 Å². The van der Waals surface area contributed by atoms with E-state index in [1.165, 1.54) is 86.9 Å². The molecule has 8 aromatic carbocycles. The maximum absolute atomic E-state index is 2.40. The molecule has 0 atom stereocenters. The number of hydrogen-bond donors (Lipinski definition) is 0. The molecule has 1 aliphatic rings. The lowest BCUT2D eigenvalue weighted by Crippen LogP contribution is -2.28. The van der Waals surface area contributed by atoms with Crippen molar-refractivity contribution in [2.24, 2.45) is 0 Å². The minimum atomic E-state index is -0.416. The normalized spacial score (nSPS) is 13.0. The maximum Gasteiger partial charge on any atom is 0.0713 e. The van der Waals surface area contributed by atoms with Crippen LogP contribution in [-0.4, -0.2) is 0 Å². The van der Waals surface area contributed by atoms with Crippen molar-refractivity contribution in [1.29, 1.82) is 0 Å². The molecule has 0 unspecified atom stereocenters. The summed E-state index contributed by atoms with van der Waals surface area (Å²) in [6.45, 7) is 0. The second-order valence-electron chi connectivity index (χ2n) is 13.2. The molecule has 0 amide bonds. The van der Waals surface area contributed by atoms with Gasteiger partial charge in [0.25, 0.3) is 0 Å². The van der Waals surface area contributed by atoms with Gasteiger partial charge in [-0.3, -0.25) is 0 Å². The van der Waals surface area contributed by atoms with E-state index >= 15 is 0 Å². The van der Waals surface area contributed by atoms with E-state index < -0.39 is 5.41 Å². The first-order valence-electron chi connectivity index (χ1n) is 17.3. The highest BCUT2D eigenvalue weighted by Crippen LogP contribution is 2.56. The second kappa shape index (κ2) is 11.6. The highest BCUT2D eigenvalue weighted by Gasteiger charge is 2.45. The Hall–Kier alpha value is -6.02. The number of benzene rings is 8. The highest BCUT2D eigenvalue weighted by molar-refractivity contribution is 7.26. The maximum atomic E-state index is 2.40. The topological polar surface area (TPSA) is 0 Å². The Morgan fingerprint density at radius 1 is 0.340 bits per heavy atom. The molecule has 0 N–H and O–H groups in total. The first-order chi connectivity index (χ1) is 24.8. The van der Waals surface area contributed by atoms with Crippen LogP contribution in [0.25, 0.3) is 64.7 Å². The zero-order valence-electron chi connectivity index (χ0n) is 27.4. The van der Waals surface area contributed by atoms with Crippen molar-refractivity contribution >= 4 is 31.5 Å². The molecule has 1 heterocycles. The molecule has 0 aliphatic heterocycles. The zero-order valence-corrected chi connectivity index (χ0v) is 28.2. The Bertz CT molecular complexity index is 2620. The average molecular weight is 653 g/mol. The fourth-order valence-electron chi connectivity index (χ4n) is 8.44. The van der Waals surface area contributed by atoms with Gasteiger partial charge in [-0.05, 0) is 85.0 Å². The van der Waals surface area contributed by atoms with Crippen LogP contribution in [0, 0.1) is 0 Å². The second-order valence-corrected chi connectivity index (χ2v) is 14.3. The molecule has 0 bridgehead atoms. The first kappa shape index (κ1) is 28.9. The minimum absolute atomic E-state index is 0.416. The summed E-state index contributed by atoms with van der Waals surface area (Å²) in [5.74, 6) is 0. The van der Waals surface area contributed by atoms with Crippen LogP contribution in [0.2, 0.25) is 0 Å². The zero-order chi connectivity index (χ0) is 33.1. The number of fused-ring (bicyclic) bond motifs is 6. The van der Waals surface area contributed by atoms with Crippen LogP contribution in [0.1, 0.15) is 22.3 Å². The Balaban J connectivity index is 1.23. The van der Waals surface area contributed by atoms with E-state index in [1.807, 2.05) is 11.3 Å². The van der Waals surface area contributed by atoms with E-state index in [0.717, 1.165) is 0 Å². The van der Waals surface area contributed by atoms with Crippen molar-refractivity contribution < 1.29 is 0 Å². The van der Waals surface area contributed by atoms with Gasteiger partial charge in [0.05, 0.1) is 5.41 Å². The molecular formula is C49H32S. The lowest BCUT2D eigenvalue weighted by Gasteiger charge is -2.34. The van der Waals surface area contributed by atoms with Crippen LogP contribution in [0.15, 0.2) is 194 Å². The van der Waals surface area contributed by atoms with Crippen molar-refractivity contribution in [1.82, 2.24) is 0 Å². The van der Waals surface area contributed by atoms with Gasteiger partial charge in [0, 0.05) is 20.2 Å². The smallest absolute Gasteiger partial charge is 0.0713 e. The van der Waals surface area contributed by atoms with Crippen LogP contribution >= 0.6 is 11.3 Å². The predicted molar refractivity (Wildman–Crippen MR) is 213 cm³/mol. The molecule has 0 nitrogen and oxygen atoms in total. The van der Waals surface area contributed by atoms with E-state index in [0.29, 0.717) is 0 Å². The Labute approximate surface area is 296 Å². The summed E-state index contributed by atoms with van der Waals surface area (Å²) < 4.78 is 2.62. The van der Waals surface area contributed by atoms with E-state index in [-0.39, 0.29) is 0 Å². The summed E-state index contributed by atoms with van der Waals surface area (Å²) in [6.07, 6.45) is 0. The Morgan fingerprint density at radius 3 is 1.52 bits per heavy atom. The summed E-state index contributed by atoms with van der Waals surface area (Å²) in [5, 5.41) is 2.63. The standard InChI is InChI=1S/C49H32S/c1-4-14-33(15-5-1)36-26-30-45-42(32-36)48-46(50-45)31-29-39(34-16-6-2-7-17-34)47(48)35-24-27-38(28-25-35)49(37-18-8-3-9-19-37)43-22-12-10-20-40(43)41-21-11-13-23-44(41)49/h1-32H. The van der Waals surface area contributed by atoms with Gasteiger partial charge in [-0.15, -0.1) is 11.3 Å².